The van der Waals surface area contributed by atoms with Crippen LogP contribution in [0.3, 0.4) is 0 Å². The molecule has 1 saturated heterocycles. The summed E-state index contributed by atoms with van der Waals surface area (Å²) in [6, 6.07) is 7.67. The highest BCUT2D eigenvalue weighted by atomic mass is 35.5. The van der Waals surface area contributed by atoms with Gasteiger partial charge in [-0.05, 0) is 38.4 Å². The number of carbonyl (C=O) groups is 2. The van der Waals surface area contributed by atoms with Crippen LogP contribution in [-0.2, 0) is 9.59 Å². The standard InChI is InChI=1S/C18H26N2O4.ClH/c1-15-5-7-16(8-6-15)24-14-17(21)20-12-10-19(11-13-20)9-3-2-4-18(22)23;/h5-8H,2-4,9-14H2,1H3,(H,22,23);1H. The van der Waals surface area contributed by atoms with Crippen LogP contribution in [0, 0.1) is 6.92 Å². The Balaban J connectivity index is 0.00000312. The third-order valence-corrected chi connectivity index (χ3v) is 4.22. The Morgan fingerprint density at radius 2 is 1.72 bits per heavy atom. The van der Waals surface area contributed by atoms with Gasteiger partial charge in [0.1, 0.15) is 5.75 Å². The summed E-state index contributed by atoms with van der Waals surface area (Å²) in [5, 5.41) is 8.62. The predicted molar refractivity (Wildman–Crippen MR) is 98.4 cm³/mol. The summed E-state index contributed by atoms with van der Waals surface area (Å²) in [5.74, 6) is -0.00823. The second-order valence-corrected chi connectivity index (χ2v) is 6.18. The summed E-state index contributed by atoms with van der Waals surface area (Å²) in [5.41, 5.74) is 1.16. The number of amides is 1. The van der Waals surface area contributed by atoms with Crippen LogP contribution >= 0.6 is 12.4 Å². The second kappa shape index (κ2) is 10.9. The zero-order valence-electron chi connectivity index (χ0n) is 14.6. The minimum absolute atomic E-state index is 0. The number of hydrogen-bond acceptors (Lipinski definition) is 4. The van der Waals surface area contributed by atoms with Crippen molar-refractivity contribution in [3.63, 3.8) is 0 Å². The van der Waals surface area contributed by atoms with Gasteiger partial charge in [0.15, 0.2) is 6.61 Å². The van der Waals surface area contributed by atoms with Crippen molar-refractivity contribution < 1.29 is 19.4 Å². The Morgan fingerprint density at radius 3 is 2.32 bits per heavy atom. The zero-order valence-corrected chi connectivity index (χ0v) is 15.5. The van der Waals surface area contributed by atoms with E-state index in [4.69, 9.17) is 9.84 Å². The van der Waals surface area contributed by atoms with E-state index in [1.54, 1.807) is 0 Å². The number of carboxylic acids is 1. The lowest BCUT2D eigenvalue weighted by atomic mass is 10.2. The van der Waals surface area contributed by atoms with Crippen molar-refractivity contribution in [3.05, 3.63) is 29.8 Å². The number of carbonyl (C=O) groups excluding carboxylic acids is 1. The molecule has 0 saturated carbocycles. The number of rotatable bonds is 8. The lowest BCUT2D eigenvalue weighted by Crippen LogP contribution is -2.50. The molecular formula is C18H27ClN2O4. The molecule has 1 aromatic carbocycles. The zero-order chi connectivity index (χ0) is 17.4. The first-order valence-corrected chi connectivity index (χ1v) is 8.46. The van der Waals surface area contributed by atoms with E-state index >= 15 is 0 Å². The molecule has 25 heavy (non-hydrogen) atoms. The summed E-state index contributed by atoms with van der Waals surface area (Å²) < 4.78 is 5.54. The minimum atomic E-state index is -0.737. The molecule has 7 heteroatoms. The molecule has 1 heterocycles. The number of aryl methyl sites for hydroxylation is 1. The van der Waals surface area contributed by atoms with E-state index in [2.05, 4.69) is 4.90 Å². The van der Waals surface area contributed by atoms with Gasteiger partial charge in [-0.2, -0.15) is 0 Å². The molecule has 0 unspecified atom stereocenters. The SMILES string of the molecule is Cc1ccc(OCC(=O)N2CCN(CCCCC(=O)O)CC2)cc1.Cl. The molecule has 1 N–H and O–H groups in total. The highest BCUT2D eigenvalue weighted by Gasteiger charge is 2.21. The summed E-state index contributed by atoms with van der Waals surface area (Å²) in [6.45, 7) is 6.06. The third-order valence-electron chi connectivity index (χ3n) is 4.22. The van der Waals surface area contributed by atoms with Gasteiger partial charge in [0, 0.05) is 32.6 Å². The fourth-order valence-electron chi connectivity index (χ4n) is 2.70. The molecular weight excluding hydrogens is 344 g/mol. The largest absolute Gasteiger partial charge is 0.484 e. The van der Waals surface area contributed by atoms with Crippen LogP contribution in [0.15, 0.2) is 24.3 Å². The van der Waals surface area contributed by atoms with E-state index in [0.29, 0.717) is 25.3 Å². The predicted octanol–water partition coefficient (Wildman–Crippen LogP) is 2.19. The van der Waals surface area contributed by atoms with Crippen molar-refractivity contribution in [2.45, 2.75) is 26.2 Å². The van der Waals surface area contributed by atoms with Crippen LogP contribution in [0.2, 0.25) is 0 Å². The van der Waals surface area contributed by atoms with Crippen molar-refractivity contribution in [3.8, 4) is 5.75 Å². The molecule has 2 rings (SSSR count). The van der Waals surface area contributed by atoms with Gasteiger partial charge in [0.05, 0.1) is 0 Å². The van der Waals surface area contributed by atoms with Gasteiger partial charge in [0.2, 0.25) is 0 Å². The molecule has 0 bridgehead atoms. The normalized spacial score (nSPS) is 14.7. The van der Waals surface area contributed by atoms with Crippen molar-refractivity contribution in [1.82, 2.24) is 9.80 Å². The average molecular weight is 371 g/mol. The van der Waals surface area contributed by atoms with Crippen molar-refractivity contribution in [1.29, 1.82) is 0 Å². The summed E-state index contributed by atoms with van der Waals surface area (Å²) in [6.07, 6.45) is 1.82. The molecule has 1 fully saturated rings. The van der Waals surface area contributed by atoms with Gasteiger partial charge in [-0.1, -0.05) is 17.7 Å². The van der Waals surface area contributed by atoms with Crippen LogP contribution in [0.4, 0.5) is 0 Å². The van der Waals surface area contributed by atoms with Crippen LogP contribution in [0.25, 0.3) is 0 Å². The number of carboxylic acid groups (broad SMARTS) is 1. The van der Waals surface area contributed by atoms with E-state index < -0.39 is 5.97 Å². The molecule has 1 aliphatic rings. The Labute approximate surface area is 155 Å². The summed E-state index contributed by atoms with van der Waals surface area (Å²) in [4.78, 5) is 26.8. The van der Waals surface area contributed by atoms with Gasteiger partial charge < -0.3 is 14.7 Å². The van der Waals surface area contributed by atoms with E-state index in [9.17, 15) is 9.59 Å². The number of aliphatic carboxylic acids is 1. The summed E-state index contributed by atoms with van der Waals surface area (Å²) >= 11 is 0. The van der Waals surface area contributed by atoms with Crippen LogP contribution < -0.4 is 4.74 Å². The highest BCUT2D eigenvalue weighted by Crippen LogP contribution is 2.12. The van der Waals surface area contributed by atoms with Crippen molar-refractivity contribution in [2.75, 3.05) is 39.3 Å². The Bertz CT molecular complexity index is 543. The number of halogens is 1. The van der Waals surface area contributed by atoms with Crippen molar-refractivity contribution in [2.24, 2.45) is 0 Å². The Morgan fingerprint density at radius 1 is 1.08 bits per heavy atom. The monoisotopic (exact) mass is 370 g/mol. The van der Waals surface area contributed by atoms with Crippen LogP contribution in [0.5, 0.6) is 5.75 Å². The molecule has 0 spiro atoms. The molecule has 0 radical (unpaired) electrons. The van der Waals surface area contributed by atoms with Gasteiger partial charge in [0.25, 0.3) is 5.91 Å². The smallest absolute Gasteiger partial charge is 0.303 e. The Hall–Kier alpha value is -1.79. The fraction of sp³-hybridized carbons (Fsp3) is 0.556. The van der Waals surface area contributed by atoms with E-state index in [0.717, 1.165) is 31.6 Å². The van der Waals surface area contributed by atoms with Gasteiger partial charge in [-0.25, -0.2) is 0 Å². The van der Waals surface area contributed by atoms with E-state index in [-0.39, 0.29) is 31.3 Å². The number of nitrogens with zero attached hydrogens (tertiary/aromatic N) is 2. The number of unbranched alkanes of at least 4 members (excludes halogenated alkanes) is 1. The summed E-state index contributed by atoms with van der Waals surface area (Å²) in [7, 11) is 0. The topological polar surface area (TPSA) is 70.1 Å². The van der Waals surface area contributed by atoms with Crippen LogP contribution in [0.1, 0.15) is 24.8 Å². The molecule has 0 aromatic heterocycles. The van der Waals surface area contributed by atoms with E-state index in [1.807, 2.05) is 36.1 Å². The molecule has 1 aliphatic heterocycles. The van der Waals surface area contributed by atoms with Crippen LogP contribution in [-0.4, -0.2) is 66.1 Å². The van der Waals surface area contributed by atoms with Crippen molar-refractivity contribution >= 4 is 24.3 Å². The second-order valence-electron chi connectivity index (χ2n) is 6.18. The maximum atomic E-state index is 12.2. The first-order valence-electron chi connectivity index (χ1n) is 8.46. The quantitative estimate of drug-likeness (QED) is 0.710. The van der Waals surface area contributed by atoms with E-state index in [1.165, 1.54) is 0 Å². The maximum Gasteiger partial charge on any atom is 0.303 e. The first kappa shape index (κ1) is 21.3. The molecule has 6 nitrogen and oxygen atoms in total. The first-order chi connectivity index (χ1) is 11.5. The number of ether oxygens (including phenoxy) is 1. The lowest BCUT2D eigenvalue weighted by Gasteiger charge is -2.34. The number of hydrogen-bond donors (Lipinski definition) is 1. The third kappa shape index (κ3) is 7.75. The fourth-order valence-corrected chi connectivity index (χ4v) is 2.70. The van der Waals surface area contributed by atoms with Gasteiger partial charge in [-0.15, -0.1) is 12.4 Å². The van der Waals surface area contributed by atoms with Gasteiger partial charge in [-0.3, -0.25) is 14.5 Å². The minimum Gasteiger partial charge on any atom is -0.484 e. The van der Waals surface area contributed by atoms with Gasteiger partial charge >= 0.3 is 5.97 Å². The molecule has 1 aromatic rings. The maximum absolute atomic E-state index is 12.2. The number of benzene rings is 1. The Kier molecular flexibility index (Phi) is 9.31. The highest BCUT2D eigenvalue weighted by molar-refractivity contribution is 5.85. The number of piperazine rings is 1. The molecule has 0 atom stereocenters. The molecule has 0 aliphatic carbocycles. The molecule has 140 valence electrons. The average Bonchev–Trinajstić information content (AvgIpc) is 2.58. The molecule has 1 amide bonds. The lowest BCUT2D eigenvalue weighted by molar-refractivity contribution is -0.137.